The van der Waals surface area contributed by atoms with Crippen LogP contribution in [0.25, 0.3) is 0 Å². The van der Waals surface area contributed by atoms with E-state index in [0.29, 0.717) is 18.9 Å². The minimum atomic E-state index is -0.865. The topological polar surface area (TPSA) is 146 Å². The van der Waals surface area contributed by atoms with E-state index in [0.717, 1.165) is 18.4 Å². The number of methoxy groups -OCH3 is 2. The van der Waals surface area contributed by atoms with Crippen molar-refractivity contribution in [2.45, 2.75) is 110 Å². The molecule has 272 valence electrons. The molecule has 1 saturated heterocycles. The zero-order chi connectivity index (χ0) is 36.2. The molecule has 1 aromatic heterocycles. The van der Waals surface area contributed by atoms with E-state index in [1.807, 2.05) is 49.1 Å². The zero-order valence-corrected chi connectivity index (χ0v) is 30.7. The molecule has 3 amide bonds. The number of likely N-dealkylation sites (tertiary alicyclic amines) is 1. The largest absolute Gasteiger partial charge is 0.386 e. The molecule has 2 heterocycles. The number of aliphatic hydroxyl groups is 1. The van der Waals surface area contributed by atoms with Crippen LogP contribution in [-0.4, -0.2) is 107 Å². The van der Waals surface area contributed by atoms with E-state index in [-0.39, 0.29) is 48.1 Å². The monoisotopic (exact) mass is 682 g/mol. The maximum atomic E-state index is 14.1. The Morgan fingerprint density at radius 1 is 1.02 bits per heavy atom. The van der Waals surface area contributed by atoms with Crippen LogP contribution in [0.15, 0.2) is 48.8 Å². The van der Waals surface area contributed by atoms with Crippen molar-refractivity contribution in [2.75, 3.05) is 33.1 Å². The normalized spacial score (nSPS) is 19.7. The Kier molecular flexibility index (Phi) is 15.4. The van der Waals surface area contributed by atoms with Gasteiger partial charge < -0.3 is 35.0 Å². The molecule has 0 aliphatic carbocycles. The number of rotatable bonds is 18. The first-order chi connectivity index (χ1) is 23.4. The van der Waals surface area contributed by atoms with E-state index < -0.39 is 36.3 Å². The minimum Gasteiger partial charge on any atom is -0.386 e. The predicted octanol–water partition coefficient (Wildman–Crippen LogP) is 4.07. The summed E-state index contributed by atoms with van der Waals surface area (Å²) in [5, 5.41) is 16.9. The van der Waals surface area contributed by atoms with Gasteiger partial charge in [0.05, 0.1) is 48.8 Å². The second kappa shape index (κ2) is 19.0. The molecule has 1 aliphatic heterocycles. The second-order valence-electron chi connectivity index (χ2n) is 13.7. The van der Waals surface area contributed by atoms with E-state index in [1.165, 1.54) is 0 Å². The number of nitrogens with one attached hydrogen (secondary N) is 2. The smallest absolute Gasteiger partial charge is 0.245 e. The maximum absolute atomic E-state index is 14.1. The number of amides is 3. The van der Waals surface area contributed by atoms with Gasteiger partial charge in [-0.25, -0.2) is 9.97 Å². The number of hydrogen-bond acceptors (Lipinski definition) is 9. The van der Waals surface area contributed by atoms with Crippen molar-refractivity contribution < 1.29 is 29.0 Å². The molecule has 0 spiro atoms. The van der Waals surface area contributed by atoms with Crippen LogP contribution < -0.4 is 10.6 Å². The van der Waals surface area contributed by atoms with E-state index >= 15 is 0 Å². The first-order valence-electron chi connectivity index (χ1n) is 17.5. The van der Waals surface area contributed by atoms with Gasteiger partial charge >= 0.3 is 0 Å². The van der Waals surface area contributed by atoms with Crippen LogP contribution in [0.2, 0.25) is 0 Å². The number of ether oxygens (including phenoxy) is 2. The molecule has 1 aliphatic rings. The second-order valence-corrected chi connectivity index (χ2v) is 13.7. The van der Waals surface area contributed by atoms with Crippen LogP contribution in [0.4, 0.5) is 5.95 Å². The Hall–Kier alpha value is -3.61. The van der Waals surface area contributed by atoms with Gasteiger partial charge in [0.15, 0.2) is 0 Å². The van der Waals surface area contributed by atoms with Gasteiger partial charge in [-0.3, -0.25) is 14.4 Å². The number of carbonyl (C=O) groups is 3. The third-order valence-corrected chi connectivity index (χ3v) is 10.0. The number of carbonyl (C=O) groups excluding carboxylic acids is 3. The van der Waals surface area contributed by atoms with Crippen LogP contribution in [0.5, 0.6) is 0 Å². The molecule has 1 fully saturated rings. The summed E-state index contributed by atoms with van der Waals surface area (Å²) in [4.78, 5) is 53.5. The van der Waals surface area contributed by atoms with Crippen LogP contribution >= 0.6 is 0 Å². The van der Waals surface area contributed by atoms with Crippen molar-refractivity contribution in [3.05, 3.63) is 54.4 Å². The summed E-state index contributed by atoms with van der Waals surface area (Å²) in [6.45, 7) is 12.2. The quantitative estimate of drug-likeness (QED) is 0.212. The van der Waals surface area contributed by atoms with Gasteiger partial charge in [-0.2, -0.15) is 0 Å². The van der Waals surface area contributed by atoms with E-state index in [2.05, 4.69) is 34.4 Å². The van der Waals surface area contributed by atoms with Crippen molar-refractivity contribution in [1.82, 2.24) is 25.1 Å². The first kappa shape index (κ1) is 39.8. The van der Waals surface area contributed by atoms with Gasteiger partial charge in [-0.05, 0) is 43.2 Å². The Balaban J connectivity index is 1.74. The van der Waals surface area contributed by atoms with Crippen molar-refractivity contribution in [3.63, 3.8) is 0 Å². The molecular weight excluding hydrogens is 624 g/mol. The summed E-state index contributed by atoms with van der Waals surface area (Å²) in [6, 6.07) is 9.13. The molecule has 3 rings (SSSR count). The lowest BCUT2D eigenvalue weighted by Gasteiger charge is -2.40. The molecule has 1 aromatic carbocycles. The zero-order valence-electron chi connectivity index (χ0n) is 30.7. The summed E-state index contributed by atoms with van der Waals surface area (Å²) < 4.78 is 11.9. The number of aliphatic hydroxyl groups excluding tert-OH is 1. The number of nitrogens with zero attached hydrogens (tertiary/aromatic N) is 4. The lowest BCUT2D eigenvalue weighted by molar-refractivity contribution is -0.146. The molecule has 0 saturated carbocycles. The third-order valence-electron chi connectivity index (χ3n) is 10.0. The lowest BCUT2D eigenvalue weighted by Crippen LogP contribution is -2.56. The first-order valence-corrected chi connectivity index (χ1v) is 17.5. The minimum absolute atomic E-state index is 0.0329. The standard InChI is InChI=1S/C37H58N6O6/c1-10-24(4)32(42(7)36(47)31(23(2)3)41-37-38-19-15-20-39-37)29(48-8)22-30(44)43-21-14-18-28(43)34(49-9)25(5)35(46)40-26(6)33(45)27-16-12-11-13-17-27/h11-13,15-17,19-20,23-26,28-29,31-34,45H,10,14,18,21-22H2,1-9H3,(H,40,46)(H,38,39,41)/t24-,25+,26+,28-,29-,31-,32-,33-,34+/m0/s1. The summed E-state index contributed by atoms with van der Waals surface area (Å²) in [7, 11) is 4.92. The molecule has 3 N–H and O–H groups in total. The highest BCUT2D eigenvalue weighted by molar-refractivity contribution is 5.85. The Morgan fingerprint density at radius 2 is 1.67 bits per heavy atom. The van der Waals surface area contributed by atoms with Crippen LogP contribution in [-0.2, 0) is 23.9 Å². The fourth-order valence-electron chi connectivity index (χ4n) is 6.93. The van der Waals surface area contributed by atoms with Crippen molar-refractivity contribution in [3.8, 4) is 0 Å². The van der Waals surface area contributed by atoms with Crippen molar-refractivity contribution in [2.24, 2.45) is 17.8 Å². The van der Waals surface area contributed by atoms with Gasteiger partial charge in [0.25, 0.3) is 0 Å². The molecule has 12 nitrogen and oxygen atoms in total. The average molecular weight is 683 g/mol. The van der Waals surface area contributed by atoms with Gasteiger partial charge in [0.1, 0.15) is 6.04 Å². The van der Waals surface area contributed by atoms with Gasteiger partial charge in [0, 0.05) is 40.2 Å². The molecule has 0 bridgehead atoms. The molecule has 2 aromatic rings. The van der Waals surface area contributed by atoms with Gasteiger partial charge in [-0.1, -0.05) is 71.4 Å². The molecule has 0 unspecified atom stereocenters. The fourth-order valence-corrected chi connectivity index (χ4v) is 6.93. The highest BCUT2D eigenvalue weighted by Crippen LogP contribution is 2.30. The van der Waals surface area contributed by atoms with Crippen molar-refractivity contribution in [1.29, 1.82) is 0 Å². The van der Waals surface area contributed by atoms with Crippen LogP contribution in [0.1, 0.15) is 78.9 Å². The van der Waals surface area contributed by atoms with Gasteiger partial charge in [-0.15, -0.1) is 0 Å². The molecule has 12 heteroatoms. The Labute approximate surface area is 292 Å². The molecule has 0 radical (unpaired) electrons. The summed E-state index contributed by atoms with van der Waals surface area (Å²) in [6.07, 6.45) is 3.58. The predicted molar refractivity (Wildman–Crippen MR) is 189 cm³/mol. The van der Waals surface area contributed by atoms with E-state index in [1.54, 1.807) is 58.5 Å². The average Bonchev–Trinajstić information content (AvgIpc) is 3.60. The number of anilines is 1. The molecular formula is C37H58N6O6. The highest BCUT2D eigenvalue weighted by Gasteiger charge is 2.43. The van der Waals surface area contributed by atoms with E-state index in [4.69, 9.17) is 9.47 Å². The van der Waals surface area contributed by atoms with Crippen molar-refractivity contribution >= 4 is 23.7 Å². The molecule has 49 heavy (non-hydrogen) atoms. The van der Waals surface area contributed by atoms with Crippen LogP contribution in [0, 0.1) is 17.8 Å². The fraction of sp³-hybridized carbons (Fsp3) is 0.649. The Bertz CT molecular complexity index is 1320. The number of likely N-dealkylation sites (N-methyl/N-ethyl adjacent to an activating group) is 1. The SMILES string of the molecule is CC[C@H](C)[C@@H]([C@H](CC(=O)N1CCC[C@H]1[C@H](OC)[C@@H](C)C(=O)N[C@H](C)[C@H](O)c1ccccc1)OC)N(C)C(=O)[C@@H](Nc1ncccn1)C(C)C. The number of aromatic nitrogens is 2. The highest BCUT2D eigenvalue weighted by atomic mass is 16.5. The lowest BCUT2D eigenvalue weighted by atomic mass is 9.89. The maximum Gasteiger partial charge on any atom is 0.245 e. The van der Waals surface area contributed by atoms with Crippen LogP contribution in [0.3, 0.4) is 0 Å². The summed E-state index contributed by atoms with van der Waals surface area (Å²) in [5.74, 6) is -0.731. The van der Waals surface area contributed by atoms with Gasteiger partial charge in [0.2, 0.25) is 23.7 Å². The number of benzene rings is 1. The molecule has 9 atom stereocenters. The number of hydrogen-bond donors (Lipinski definition) is 3. The summed E-state index contributed by atoms with van der Waals surface area (Å²) >= 11 is 0. The summed E-state index contributed by atoms with van der Waals surface area (Å²) in [5.41, 5.74) is 0.718. The Morgan fingerprint density at radius 3 is 2.24 bits per heavy atom. The third kappa shape index (κ3) is 10.2. The van der Waals surface area contributed by atoms with E-state index in [9.17, 15) is 19.5 Å².